The highest BCUT2D eigenvalue weighted by molar-refractivity contribution is 7.89. The molecular weight excluding hydrogens is 289 g/mol. The molecule has 0 aliphatic heterocycles. The number of nitrogens with zero attached hydrogens (tertiary/aromatic N) is 1. The van der Waals surface area contributed by atoms with Crippen LogP contribution in [0.2, 0.25) is 0 Å². The number of sulfonamides is 1. The molecule has 0 radical (unpaired) electrons. The molecule has 20 heavy (non-hydrogen) atoms. The van der Waals surface area contributed by atoms with E-state index in [-0.39, 0.29) is 11.4 Å². The molecule has 1 fully saturated rings. The highest BCUT2D eigenvalue weighted by atomic mass is 32.2. The summed E-state index contributed by atoms with van der Waals surface area (Å²) >= 11 is 0. The SMILES string of the molecule is O=[N+]([O-])c1ccc(S(=O)(=O)NCCNC2CC2)cc1F. The highest BCUT2D eigenvalue weighted by Crippen LogP contribution is 2.20. The van der Waals surface area contributed by atoms with Gasteiger partial charge in [-0.05, 0) is 18.9 Å². The molecule has 0 bridgehead atoms. The van der Waals surface area contributed by atoms with E-state index in [9.17, 15) is 22.9 Å². The third-order valence-electron chi connectivity index (χ3n) is 2.85. The van der Waals surface area contributed by atoms with Crippen LogP contribution in [0, 0.1) is 15.9 Å². The number of nitro benzene ring substituents is 1. The Bertz CT molecular complexity index is 616. The van der Waals surface area contributed by atoms with E-state index in [4.69, 9.17) is 0 Å². The second-order valence-corrected chi connectivity index (χ2v) is 6.26. The molecule has 110 valence electrons. The van der Waals surface area contributed by atoms with E-state index in [1.165, 1.54) is 0 Å². The Kier molecular flexibility index (Phi) is 4.31. The Morgan fingerprint density at radius 1 is 1.35 bits per heavy atom. The standard InChI is InChI=1S/C11H14FN3O4S/c12-10-7-9(3-4-11(10)15(16)17)20(18,19)14-6-5-13-8-1-2-8/h3-4,7-8,13-14H,1-2,5-6H2. The van der Waals surface area contributed by atoms with E-state index in [2.05, 4.69) is 10.0 Å². The van der Waals surface area contributed by atoms with Gasteiger partial charge in [-0.3, -0.25) is 10.1 Å². The molecule has 0 unspecified atom stereocenters. The fraction of sp³-hybridized carbons (Fsp3) is 0.455. The van der Waals surface area contributed by atoms with Gasteiger partial charge in [0, 0.05) is 31.3 Å². The minimum atomic E-state index is -3.86. The zero-order valence-electron chi connectivity index (χ0n) is 10.5. The molecule has 0 spiro atoms. The van der Waals surface area contributed by atoms with E-state index >= 15 is 0 Å². The van der Waals surface area contributed by atoms with Gasteiger partial charge in [-0.15, -0.1) is 0 Å². The average molecular weight is 303 g/mol. The third-order valence-corrected chi connectivity index (χ3v) is 4.31. The van der Waals surface area contributed by atoms with Gasteiger partial charge in [0.1, 0.15) is 0 Å². The van der Waals surface area contributed by atoms with Crippen LogP contribution in [-0.4, -0.2) is 32.5 Å². The first-order valence-corrected chi connectivity index (χ1v) is 7.55. The minimum Gasteiger partial charge on any atom is -0.313 e. The van der Waals surface area contributed by atoms with Crippen molar-refractivity contribution in [1.82, 2.24) is 10.0 Å². The topological polar surface area (TPSA) is 101 Å². The van der Waals surface area contributed by atoms with Crippen molar-refractivity contribution in [3.05, 3.63) is 34.1 Å². The Balaban J connectivity index is 2.00. The van der Waals surface area contributed by atoms with Crippen LogP contribution in [0.4, 0.5) is 10.1 Å². The van der Waals surface area contributed by atoms with Gasteiger partial charge in [0.15, 0.2) is 0 Å². The lowest BCUT2D eigenvalue weighted by Gasteiger charge is -2.07. The van der Waals surface area contributed by atoms with Crippen LogP contribution in [0.3, 0.4) is 0 Å². The van der Waals surface area contributed by atoms with Crippen molar-refractivity contribution in [2.75, 3.05) is 13.1 Å². The highest BCUT2D eigenvalue weighted by Gasteiger charge is 2.22. The molecule has 0 atom stereocenters. The number of hydrogen-bond acceptors (Lipinski definition) is 5. The largest absolute Gasteiger partial charge is 0.313 e. The second kappa shape index (κ2) is 5.81. The molecule has 1 aromatic carbocycles. The van der Waals surface area contributed by atoms with Gasteiger partial charge in [0.25, 0.3) is 0 Å². The molecule has 0 aromatic heterocycles. The van der Waals surface area contributed by atoms with Gasteiger partial charge in [-0.2, -0.15) is 4.39 Å². The molecule has 7 nitrogen and oxygen atoms in total. The Morgan fingerprint density at radius 3 is 2.60 bits per heavy atom. The predicted molar refractivity (Wildman–Crippen MR) is 69.3 cm³/mol. The lowest BCUT2D eigenvalue weighted by Crippen LogP contribution is -2.32. The van der Waals surface area contributed by atoms with Crippen molar-refractivity contribution in [2.45, 2.75) is 23.8 Å². The van der Waals surface area contributed by atoms with Crippen LogP contribution < -0.4 is 10.0 Å². The van der Waals surface area contributed by atoms with Gasteiger partial charge in [-0.1, -0.05) is 0 Å². The summed E-state index contributed by atoms with van der Waals surface area (Å²) in [6.07, 6.45) is 2.20. The summed E-state index contributed by atoms with van der Waals surface area (Å²) in [5, 5.41) is 13.6. The molecule has 1 aromatic rings. The molecule has 1 saturated carbocycles. The summed E-state index contributed by atoms with van der Waals surface area (Å²) in [5.41, 5.74) is -0.751. The summed E-state index contributed by atoms with van der Waals surface area (Å²) in [5.74, 6) is -1.17. The van der Waals surface area contributed by atoms with E-state index < -0.39 is 26.5 Å². The maximum absolute atomic E-state index is 13.4. The molecule has 2 N–H and O–H groups in total. The molecule has 1 aliphatic rings. The summed E-state index contributed by atoms with van der Waals surface area (Å²) in [6.45, 7) is 0.663. The van der Waals surface area contributed by atoms with Crippen LogP contribution >= 0.6 is 0 Å². The van der Waals surface area contributed by atoms with Crippen molar-refractivity contribution >= 4 is 15.7 Å². The quantitative estimate of drug-likeness (QED) is 0.440. The number of nitro groups is 1. The van der Waals surface area contributed by atoms with E-state index in [1.54, 1.807) is 0 Å². The van der Waals surface area contributed by atoms with Crippen LogP contribution in [-0.2, 0) is 10.0 Å². The second-order valence-electron chi connectivity index (χ2n) is 4.50. The molecule has 0 heterocycles. The van der Waals surface area contributed by atoms with Crippen LogP contribution in [0.15, 0.2) is 23.1 Å². The van der Waals surface area contributed by atoms with E-state index in [0.29, 0.717) is 18.7 Å². The summed E-state index contributed by atoms with van der Waals surface area (Å²) in [7, 11) is -3.86. The Labute approximate surface area is 115 Å². The third kappa shape index (κ3) is 3.71. The number of nitrogens with one attached hydrogen (secondary N) is 2. The lowest BCUT2D eigenvalue weighted by molar-refractivity contribution is -0.387. The number of hydrogen-bond donors (Lipinski definition) is 2. The Morgan fingerprint density at radius 2 is 2.05 bits per heavy atom. The monoisotopic (exact) mass is 303 g/mol. The molecule has 1 aliphatic carbocycles. The minimum absolute atomic E-state index is 0.178. The van der Waals surface area contributed by atoms with Crippen molar-refractivity contribution in [3.8, 4) is 0 Å². The number of benzene rings is 1. The van der Waals surface area contributed by atoms with Crippen LogP contribution in [0.1, 0.15) is 12.8 Å². The van der Waals surface area contributed by atoms with Crippen LogP contribution in [0.25, 0.3) is 0 Å². The molecule has 0 amide bonds. The normalized spacial score (nSPS) is 15.2. The fourth-order valence-electron chi connectivity index (χ4n) is 1.64. The van der Waals surface area contributed by atoms with E-state index in [0.717, 1.165) is 25.0 Å². The first-order valence-electron chi connectivity index (χ1n) is 6.07. The van der Waals surface area contributed by atoms with Crippen molar-refractivity contribution < 1.29 is 17.7 Å². The van der Waals surface area contributed by atoms with Gasteiger partial charge in [-0.25, -0.2) is 13.1 Å². The first-order chi connectivity index (χ1) is 9.40. The van der Waals surface area contributed by atoms with Crippen molar-refractivity contribution in [3.63, 3.8) is 0 Å². The zero-order valence-corrected chi connectivity index (χ0v) is 11.3. The van der Waals surface area contributed by atoms with Gasteiger partial charge >= 0.3 is 5.69 Å². The fourth-order valence-corrected chi connectivity index (χ4v) is 2.68. The predicted octanol–water partition coefficient (Wildman–Crippen LogP) is 0.764. The smallest absolute Gasteiger partial charge is 0.304 e. The van der Waals surface area contributed by atoms with Gasteiger partial charge in [0.2, 0.25) is 15.8 Å². The summed E-state index contributed by atoms with van der Waals surface area (Å²) in [6, 6.07) is 2.97. The summed E-state index contributed by atoms with van der Waals surface area (Å²) < 4.78 is 39.4. The maximum atomic E-state index is 13.4. The van der Waals surface area contributed by atoms with Crippen LogP contribution in [0.5, 0.6) is 0 Å². The Hall–Kier alpha value is -1.58. The van der Waals surface area contributed by atoms with Gasteiger partial charge < -0.3 is 5.32 Å². The number of halogens is 1. The average Bonchev–Trinajstić information content (AvgIpc) is 3.18. The maximum Gasteiger partial charge on any atom is 0.304 e. The van der Waals surface area contributed by atoms with E-state index in [1.807, 2.05) is 0 Å². The summed E-state index contributed by atoms with van der Waals surface area (Å²) in [4.78, 5) is 9.22. The molecule has 2 rings (SSSR count). The zero-order chi connectivity index (χ0) is 14.8. The number of rotatable bonds is 7. The van der Waals surface area contributed by atoms with Crippen molar-refractivity contribution in [1.29, 1.82) is 0 Å². The van der Waals surface area contributed by atoms with Crippen molar-refractivity contribution in [2.24, 2.45) is 0 Å². The first kappa shape index (κ1) is 14.8. The molecule has 0 saturated heterocycles. The molecular formula is C11H14FN3O4S. The van der Waals surface area contributed by atoms with Gasteiger partial charge in [0.05, 0.1) is 9.82 Å². The molecule has 9 heteroatoms. The lowest BCUT2D eigenvalue weighted by atomic mass is 10.3.